The number of pyridine rings is 1. The van der Waals surface area contributed by atoms with Gasteiger partial charge in [-0.15, -0.1) is 0 Å². The first kappa shape index (κ1) is 13.5. The van der Waals surface area contributed by atoms with Crippen LogP contribution in [0.3, 0.4) is 0 Å². The number of aryl methyl sites for hydroxylation is 1. The fourth-order valence-corrected chi connectivity index (χ4v) is 1.88. The van der Waals surface area contributed by atoms with Crippen molar-refractivity contribution in [2.45, 2.75) is 19.7 Å². The van der Waals surface area contributed by atoms with Crippen LogP contribution in [0.5, 0.6) is 0 Å². The van der Waals surface area contributed by atoms with Gasteiger partial charge in [-0.2, -0.15) is 13.2 Å². The molecule has 0 saturated carbocycles. The van der Waals surface area contributed by atoms with Gasteiger partial charge in [0.1, 0.15) is 0 Å². The SMILES string of the molecule is Cc1cncc(-c2ccc(CO)cc2C(F)(F)F)c1. The molecule has 19 heavy (non-hydrogen) atoms. The van der Waals surface area contributed by atoms with Gasteiger partial charge in [-0.1, -0.05) is 12.1 Å². The molecule has 2 rings (SSSR count). The molecule has 1 aromatic carbocycles. The van der Waals surface area contributed by atoms with Crippen LogP contribution in [-0.2, 0) is 12.8 Å². The topological polar surface area (TPSA) is 33.1 Å². The van der Waals surface area contributed by atoms with E-state index in [9.17, 15) is 13.2 Å². The first-order valence-corrected chi connectivity index (χ1v) is 5.65. The Labute approximate surface area is 108 Å². The standard InChI is InChI=1S/C14H12F3NO/c1-9-4-11(7-18-6-9)12-3-2-10(8-19)5-13(12)14(15,16)17/h2-7,19H,8H2,1H3. The number of nitrogens with zero attached hydrogens (tertiary/aromatic N) is 1. The molecule has 0 amide bonds. The molecule has 1 heterocycles. The van der Waals surface area contributed by atoms with Gasteiger partial charge in [0.2, 0.25) is 0 Å². The lowest BCUT2D eigenvalue weighted by atomic mass is 9.97. The highest BCUT2D eigenvalue weighted by molar-refractivity contribution is 5.68. The second-order valence-corrected chi connectivity index (χ2v) is 4.29. The Balaban J connectivity index is 2.63. The Bertz CT molecular complexity index is 593. The molecule has 0 aliphatic rings. The fraction of sp³-hybridized carbons (Fsp3) is 0.214. The van der Waals surface area contributed by atoms with E-state index in [1.54, 1.807) is 19.2 Å². The smallest absolute Gasteiger partial charge is 0.392 e. The summed E-state index contributed by atoms with van der Waals surface area (Å²) in [5, 5.41) is 8.95. The summed E-state index contributed by atoms with van der Waals surface area (Å²) in [6.45, 7) is 1.35. The lowest BCUT2D eigenvalue weighted by Crippen LogP contribution is -2.08. The molecule has 0 fully saturated rings. The number of aliphatic hydroxyl groups is 1. The van der Waals surface area contributed by atoms with Crippen LogP contribution < -0.4 is 0 Å². The molecular weight excluding hydrogens is 255 g/mol. The Morgan fingerprint density at radius 2 is 1.89 bits per heavy atom. The molecule has 0 aliphatic heterocycles. The zero-order valence-electron chi connectivity index (χ0n) is 10.2. The molecule has 0 radical (unpaired) electrons. The van der Waals surface area contributed by atoms with Crippen molar-refractivity contribution in [3.05, 3.63) is 53.3 Å². The minimum atomic E-state index is -4.47. The number of hydrogen-bond acceptors (Lipinski definition) is 2. The first-order chi connectivity index (χ1) is 8.91. The molecule has 1 aromatic heterocycles. The zero-order valence-corrected chi connectivity index (χ0v) is 10.2. The van der Waals surface area contributed by atoms with Gasteiger partial charge in [0.15, 0.2) is 0 Å². The van der Waals surface area contributed by atoms with E-state index in [2.05, 4.69) is 4.98 Å². The van der Waals surface area contributed by atoms with Gasteiger partial charge in [-0.3, -0.25) is 4.98 Å². The molecule has 0 saturated heterocycles. The zero-order chi connectivity index (χ0) is 14.0. The molecule has 1 N–H and O–H groups in total. The number of halogens is 3. The molecule has 2 aromatic rings. The van der Waals surface area contributed by atoms with Crippen LogP contribution in [0.1, 0.15) is 16.7 Å². The van der Waals surface area contributed by atoms with Gasteiger partial charge >= 0.3 is 6.18 Å². The Morgan fingerprint density at radius 1 is 1.16 bits per heavy atom. The number of aliphatic hydroxyl groups excluding tert-OH is 1. The summed E-state index contributed by atoms with van der Waals surface area (Å²) in [4.78, 5) is 3.91. The van der Waals surface area contributed by atoms with Crippen LogP contribution in [0.2, 0.25) is 0 Å². The van der Waals surface area contributed by atoms with Gasteiger partial charge in [-0.25, -0.2) is 0 Å². The summed E-state index contributed by atoms with van der Waals surface area (Å²) in [6.07, 6.45) is -1.49. The molecule has 5 heteroatoms. The van der Waals surface area contributed by atoms with Crippen molar-refractivity contribution in [1.82, 2.24) is 4.98 Å². The summed E-state index contributed by atoms with van der Waals surface area (Å²) in [6, 6.07) is 5.46. The van der Waals surface area contributed by atoms with Gasteiger partial charge in [0, 0.05) is 18.0 Å². The first-order valence-electron chi connectivity index (χ1n) is 5.65. The molecule has 2 nitrogen and oxygen atoms in total. The van der Waals surface area contributed by atoms with Gasteiger partial charge in [-0.05, 0) is 35.7 Å². The van der Waals surface area contributed by atoms with Crippen LogP contribution in [0.25, 0.3) is 11.1 Å². The van der Waals surface area contributed by atoms with Crippen LogP contribution >= 0.6 is 0 Å². The van der Waals surface area contributed by atoms with Crippen molar-refractivity contribution in [3.8, 4) is 11.1 Å². The monoisotopic (exact) mass is 267 g/mol. The number of alkyl halides is 3. The molecule has 0 unspecified atom stereocenters. The van der Waals surface area contributed by atoms with Crippen LogP contribution in [0, 0.1) is 6.92 Å². The van der Waals surface area contributed by atoms with Crippen molar-refractivity contribution in [1.29, 1.82) is 0 Å². The van der Waals surface area contributed by atoms with Crippen molar-refractivity contribution >= 4 is 0 Å². The maximum atomic E-state index is 13.0. The quantitative estimate of drug-likeness (QED) is 0.902. The Hall–Kier alpha value is -1.88. The molecular formula is C14H12F3NO. The maximum Gasteiger partial charge on any atom is 0.417 e. The number of rotatable bonds is 2. The predicted octanol–water partition coefficient (Wildman–Crippen LogP) is 3.57. The maximum absolute atomic E-state index is 13.0. The van der Waals surface area contributed by atoms with Gasteiger partial charge in [0.05, 0.1) is 12.2 Å². The molecule has 0 aliphatic carbocycles. The van der Waals surface area contributed by atoms with Gasteiger partial charge < -0.3 is 5.11 Å². The summed E-state index contributed by atoms with van der Waals surface area (Å²) < 4.78 is 39.1. The highest BCUT2D eigenvalue weighted by Crippen LogP contribution is 2.37. The van der Waals surface area contributed by atoms with E-state index in [1.807, 2.05) is 0 Å². The summed E-state index contributed by atoms with van der Waals surface area (Å²) in [7, 11) is 0. The average Bonchev–Trinajstić information content (AvgIpc) is 2.37. The minimum absolute atomic E-state index is 0.0703. The van der Waals surface area contributed by atoms with Crippen LogP contribution in [0.4, 0.5) is 13.2 Å². The highest BCUT2D eigenvalue weighted by Gasteiger charge is 2.33. The van der Waals surface area contributed by atoms with Crippen molar-refractivity contribution in [3.63, 3.8) is 0 Å². The molecule has 0 spiro atoms. The van der Waals surface area contributed by atoms with E-state index in [0.717, 1.165) is 11.6 Å². The van der Waals surface area contributed by atoms with E-state index in [1.165, 1.54) is 18.3 Å². The van der Waals surface area contributed by atoms with E-state index in [0.29, 0.717) is 5.56 Å². The fourth-order valence-electron chi connectivity index (χ4n) is 1.88. The van der Waals surface area contributed by atoms with Crippen LogP contribution in [0.15, 0.2) is 36.7 Å². The third kappa shape index (κ3) is 2.93. The second kappa shape index (κ2) is 5.01. The summed E-state index contributed by atoms with van der Waals surface area (Å²) >= 11 is 0. The predicted molar refractivity (Wildman–Crippen MR) is 65.3 cm³/mol. The van der Waals surface area contributed by atoms with E-state index in [-0.39, 0.29) is 11.1 Å². The lowest BCUT2D eigenvalue weighted by molar-refractivity contribution is -0.137. The van der Waals surface area contributed by atoms with Crippen LogP contribution in [-0.4, -0.2) is 10.1 Å². The summed E-state index contributed by atoms with van der Waals surface area (Å²) in [5.74, 6) is 0. The Kier molecular flexibility index (Phi) is 3.57. The highest BCUT2D eigenvalue weighted by atomic mass is 19.4. The normalized spacial score (nSPS) is 11.6. The molecule has 100 valence electrons. The Morgan fingerprint density at radius 3 is 2.47 bits per heavy atom. The van der Waals surface area contributed by atoms with Crippen molar-refractivity contribution in [2.75, 3.05) is 0 Å². The van der Waals surface area contributed by atoms with E-state index < -0.39 is 18.3 Å². The van der Waals surface area contributed by atoms with E-state index in [4.69, 9.17) is 5.11 Å². The molecule has 0 atom stereocenters. The van der Waals surface area contributed by atoms with Gasteiger partial charge in [0.25, 0.3) is 0 Å². The average molecular weight is 267 g/mol. The summed E-state index contributed by atoms with van der Waals surface area (Å²) in [5.41, 5.74) is 0.748. The largest absolute Gasteiger partial charge is 0.417 e. The number of benzene rings is 1. The molecule has 0 bridgehead atoms. The lowest BCUT2D eigenvalue weighted by Gasteiger charge is -2.14. The van der Waals surface area contributed by atoms with Crippen molar-refractivity contribution in [2.24, 2.45) is 0 Å². The third-order valence-electron chi connectivity index (χ3n) is 2.76. The third-order valence-corrected chi connectivity index (χ3v) is 2.76. The second-order valence-electron chi connectivity index (χ2n) is 4.29. The number of hydrogen-bond donors (Lipinski definition) is 1. The van der Waals surface area contributed by atoms with E-state index >= 15 is 0 Å². The van der Waals surface area contributed by atoms with Crippen molar-refractivity contribution < 1.29 is 18.3 Å². The minimum Gasteiger partial charge on any atom is -0.392 e. The number of aromatic nitrogens is 1.